The minimum absolute atomic E-state index is 0.288. The summed E-state index contributed by atoms with van der Waals surface area (Å²) in [7, 11) is 0.429. The summed E-state index contributed by atoms with van der Waals surface area (Å²) in [5, 5.41) is 0.317. The molecular formula is C10H22O3Si2. The van der Waals surface area contributed by atoms with Crippen LogP contribution in [0.25, 0.3) is 0 Å². The van der Waals surface area contributed by atoms with Crippen molar-refractivity contribution in [3.05, 3.63) is 12.2 Å². The summed E-state index contributed by atoms with van der Waals surface area (Å²) < 4.78 is 10.4. The third-order valence-corrected chi connectivity index (χ3v) is 4.40. The standard InChI is InChI=1S/C10H22O3Si2/c1-8(2)9(11)12-7-5-6-10(3,4)15-13-14/h1,5-7,15H2,2-4,14H3. The summed E-state index contributed by atoms with van der Waals surface area (Å²) in [4.78, 5) is 11.1. The SMILES string of the molecule is C=C(C)C(=O)OCCCC(C)(C)[SiH2]O[SiH3]. The quantitative estimate of drug-likeness (QED) is 0.283. The van der Waals surface area contributed by atoms with Crippen LogP contribution in [0.3, 0.4) is 0 Å². The molecule has 0 rings (SSSR count). The lowest BCUT2D eigenvalue weighted by molar-refractivity contribution is -0.139. The van der Waals surface area contributed by atoms with E-state index in [1.807, 2.05) is 0 Å². The highest BCUT2D eigenvalue weighted by molar-refractivity contribution is 6.37. The largest absolute Gasteiger partial charge is 0.468 e. The molecule has 0 heterocycles. The Morgan fingerprint density at radius 2 is 2.13 bits per heavy atom. The van der Waals surface area contributed by atoms with Gasteiger partial charge in [0.1, 0.15) is 10.5 Å². The molecule has 88 valence electrons. The summed E-state index contributed by atoms with van der Waals surface area (Å²) in [5.41, 5.74) is 0.464. The van der Waals surface area contributed by atoms with Gasteiger partial charge in [-0.3, -0.25) is 0 Å². The summed E-state index contributed by atoms with van der Waals surface area (Å²) in [6.07, 6.45) is 1.97. The second-order valence-corrected chi connectivity index (χ2v) is 9.13. The van der Waals surface area contributed by atoms with E-state index in [9.17, 15) is 4.79 Å². The van der Waals surface area contributed by atoms with Gasteiger partial charge in [-0.15, -0.1) is 0 Å². The molecule has 0 N–H and O–H groups in total. The molecule has 5 heteroatoms. The molecule has 0 aromatic rings. The molecule has 0 saturated carbocycles. The first-order chi connectivity index (χ1) is 6.89. The first kappa shape index (κ1) is 14.6. The topological polar surface area (TPSA) is 35.5 Å². The Morgan fingerprint density at radius 3 is 2.60 bits per heavy atom. The second-order valence-electron chi connectivity index (χ2n) is 4.62. The van der Waals surface area contributed by atoms with Crippen molar-refractivity contribution in [3.63, 3.8) is 0 Å². The summed E-state index contributed by atoms with van der Waals surface area (Å²) in [6.45, 7) is 10.1. The highest BCUT2D eigenvalue weighted by Gasteiger charge is 2.17. The Morgan fingerprint density at radius 1 is 1.53 bits per heavy atom. The molecule has 0 aliphatic carbocycles. The van der Waals surface area contributed by atoms with E-state index < -0.39 is 9.76 Å². The Balaban J connectivity index is 3.62. The first-order valence-corrected chi connectivity index (χ1v) is 7.31. The molecule has 0 saturated heterocycles. The normalized spacial score (nSPS) is 12.2. The van der Waals surface area contributed by atoms with Gasteiger partial charge in [-0.25, -0.2) is 4.79 Å². The Bertz CT molecular complexity index is 227. The molecule has 3 nitrogen and oxygen atoms in total. The van der Waals surface area contributed by atoms with E-state index in [4.69, 9.17) is 8.85 Å². The Kier molecular flexibility index (Phi) is 6.79. The minimum Gasteiger partial charge on any atom is -0.468 e. The minimum atomic E-state index is -0.410. The van der Waals surface area contributed by atoms with Crippen LogP contribution in [0.1, 0.15) is 33.6 Å². The summed E-state index contributed by atoms with van der Waals surface area (Å²) in [5.74, 6) is -0.288. The maximum Gasteiger partial charge on any atom is 0.333 e. The van der Waals surface area contributed by atoms with Crippen molar-refractivity contribution in [3.8, 4) is 0 Å². The van der Waals surface area contributed by atoms with Gasteiger partial charge in [0.2, 0.25) is 0 Å². The fourth-order valence-corrected chi connectivity index (χ4v) is 4.82. The van der Waals surface area contributed by atoms with Crippen molar-refractivity contribution in [1.82, 2.24) is 0 Å². The lowest BCUT2D eigenvalue weighted by atomic mass is 10.1. The summed E-state index contributed by atoms with van der Waals surface area (Å²) in [6, 6.07) is 0. The van der Waals surface area contributed by atoms with E-state index in [2.05, 4.69) is 20.4 Å². The fraction of sp³-hybridized carbons (Fsp3) is 0.700. The van der Waals surface area contributed by atoms with E-state index in [0.29, 0.717) is 17.2 Å². The predicted octanol–water partition coefficient (Wildman–Crippen LogP) is 0.465. The first-order valence-electron chi connectivity index (χ1n) is 5.20. The van der Waals surface area contributed by atoms with E-state index in [1.54, 1.807) is 6.92 Å². The molecule has 0 atom stereocenters. The van der Waals surface area contributed by atoms with Gasteiger partial charge >= 0.3 is 5.97 Å². The van der Waals surface area contributed by atoms with E-state index in [-0.39, 0.29) is 5.97 Å². The fourth-order valence-electron chi connectivity index (χ4n) is 1.30. The van der Waals surface area contributed by atoms with Crippen LogP contribution in [-0.2, 0) is 13.6 Å². The Hall–Kier alpha value is -0.396. The predicted molar refractivity (Wildman–Crippen MR) is 68.6 cm³/mol. The van der Waals surface area contributed by atoms with Gasteiger partial charge in [0.25, 0.3) is 0 Å². The lowest BCUT2D eigenvalue weighted by Gasteiger charge is -2.22. The molecule has 0 radical (unpaired) electrons. The molecule has 0 aromatic carbocycles. The van der Waals surface area contributed by atoms with Crippen LogP contribution in [0, 0.1) is 0 Å². The van der Waals surface area contributed by atoms with Crippen molar-refractivity contribution in [2.24, 2.45) is 0 Å². The average molecular weight is 246 g/mol. The highest BCUT2D eigenvalue weighted by atomic mass is 28.3. The lowest BCUT2D eigenvalue weighted by Crippen LogP contribution is -2.16. The molecule has 0 unspecified atom stereocenters. The van der Waals surface area contributed by atoms with Crippen LogP contribution < -0.4 is 0 Å². The van der Waals surface area contributed by atoms with Gasteiger partial charge in [0.15, 0.2) is 9.76 Å². The maximum atomic E-state index is 11.1. The van der Waals surface area contributed by atoms with Crippen LogP contribution in [-0.4, -0.2) is 32.8 Å². The van der Waals surface area contributed by atoms with Gasteiger partial charge in [0.05, 0.1) is 6.61 Å². The highest BCUT2D eigenvalue weighted by Crippen LogP contribution is 2.28. The van der Waals surface area contributed by atoms with Crippen molar-refractivity contribution < 1.29 is 13.6 Å². The number of esters is 1. The smallest absolute Gasteiger partial charge is 0.333 e. The van der Waals surface area contributed by atoms with Crippen molar-refractivity contribution in [1.29, 1.82) is 0 Å². The number of hydrogen-bond acceptors (Lipinski definition) is 3. The van der Waals surface area contributed by atoms with E-state index in [1.165, 1.54) is 0 Å². The zero-order valence-corrected chi connectivity index (χ0v) is 13.7. The third kappa shape index (κ3) is 7.52. The zero-order valence-electron chi connectivity index (χ0n) is 10.3. The van der Waals surface area contributed by atoms with E-state index in [0.717, 1.165) is 23.3 Å². The zero-order chi connectivity index (χ0) is 11.9. The molecule has 0 amide bonds. The molecular weight excluding hydrogens is 224 g/mol. The number of carbonyl (C=O) groups is 1. The molecule has 0 bridgehead atoms. The van der Waals surface area contributed by atoms with Gasteiger partial charge < -0.3 is 8.85 Å². The number of carbonyl (C=O) groups excluding carboxylic acids is 1. The summed E-state index contributed by atoms with van der Waals surface area (Å²) >= 11 is 0. The molecule has 0 spiro atoms. The average Bonchev–Trinajstić information content (AvgIpc) is 2.11. The molecule has 0 aliphatic rings. The number of hydrogen-bond donors (Lipinski definition) is 0. The van der Waals surface area contributed by atoms with E-state index >= 15 is 0 Å². The molecule has 0 aliphatic heterocycles. The van der Waals surface area contributed by atoms with Gasteiger partial charge in [-0.1, -0.05) is 20.4 Å². The molecule has 0 fully saturated rings. The van der Waals surface area contributed by atoms with Crippen LogP contribution in [0.15, 0.2) is 12.2 Å². The van der Waals surface area contributed by atoms with Gasteiger partial charge in [-0.05, 0) is 24.8 Å². The maximum absolute atomic E-state index is 11.1. The second kappa shape index (κ2) is 6.97. The Labute approximate surface area is 97.7 Å². The van der Waals surface area contributed by atoms with Crippen LogP contribution in [0.2, 0.25) is 5.04 Å². The van der Waals surface area contributed by atoms with Crippen molar-refractivity contribution in [2.45, 2.75) is 38.7 Å². The van der Waals surface area contributed by atoms with Crippen LogP contribution >= 0.6 is 0 Å². The molecule has 0 aromatic heterocycles. The number of rotatable bonds is 7. The third-order valence-electron chi connectivity index (χ3n) is 2.11. The van der Waals surface area contributed by atoms with Crippen LogP contribution in [0.5, 0.6) is 0 Å². The van der Waals surface area contributed by atoms with Gasteiger partial charge in [-0.2, -0.15) is 0 Å². The number of ether oxygens (including phenoxy) is 1. The van der Waals surface area contributed by atoms with Crippen molar-refractivity contribution >= 4 is 26.2 Å². The molecule has 15 heavy (non-hydrogen) atoms. The van der Waals surface area contributed by atoms with Crippen LogP contribution in [0.4, 0.5) is 0 Å². The van der Waals surface area contributed by atoms with Crippen molar-refractivity contribution in [2.75, 3.05) is 6.61 Å². The monoisotopic (exact) mass is 246 g/mol. The van der Waals surface area contributed by atoms with Gasteiger partial charge in [0, 0.05) is 5.57 Å².